The highest BCUT2D eigenvalue weighted by Crippen LogP contribution is 2.45. The quantitative estimate of drug-likeness (QED) is 0.278. The summed E-state index contributed by atoms with van der Waals surface area (Å²) >= 11 is 0. The number of ether oxygens (including phenoxy) is 2. The zero-order valence-electron chi connectivity index (χ0n) is 22.4. The summed E-state index contributed by atoms with van der Waals surface area (Å²) in [6, 6.07) is 11.2. The van der Waals surface area contributed by atoms with Gasteiger partial charge in [-0.05, 0) is 68.4 Å². The Labute approximate surface area is 228 Å². The van der Waals surface area contributed by atoms with Gasteiger partial charge in [0, 0.05) is 37.3 Å². The molecule has 1 heterocycles. The third-order valence-corrected chi connectivity index (χ3v) is 10.1. The summed E-state index contributed by atoms with van der Waals surface area (Å²) < 4.78 is 38.8. The predicted molar refractivity (Wildman–Crippen MR) is 143 cm³/mol. The summed E-state index contributed by atoms with van der Waals surface area (Å²) in [5.74, 6) is 0.295. The number of benzene rings is 2. The van der Waals surface area contributed by atoms with Gasteiger partial charge < -0.3 is 14.6 Å². The van der Waals surface area contributed by atoms with E-state index in [0.29, 0.717) is 50.8 Å². The Morgan fingerprint density at radius 3 is 2.31 bits per heavy atom. The standard InChI is InChI=1S/C27H35N3O8S/c1-28(39(35,36)24-10-6-20(7-11-24)30(33)34)21-17-27(14-12-22(31)13-15-27)29(18-21)25(26(32)38-3)16-19-4-8-23(37-2)9-5-19/h4-11,21-22,25,31H,12-18H2,1-3H3/t21-,22?,25-,27?/m0/s1. The molecule has 1 aliphatic heterocycles. The molecule has 11 nitrogen and oxygen atoms in total. The molecule has 2 aromatic rings. The monoisotopic (exact) mass is 561 g/mol. The Kier molecular flexibility index (Phi) is 8.60. The van der Waals surface area contributed by atoms with Crippen molar-refractivity contribution in [3.8, 4) is 5.75 Å². The summed E-state index contributed by atoms with van der Waals surface area (Å²) in [6.45, 7) is 0.300. The topological polar surface area (TPSA) is 140 Å². The van der Waals surface area contributed by atoms with Crippen molar-refractivity contribution in [1.29, 1.82) is 0 Å². The number of rotatable bonds is 9. The lowest BCUT2D eigenvalue weighted by Gasteiger charge is -2.45. The number of nitro groups is 1. The number of esters is 1. The first-order valence-electron chi connectivity index (χ1n) is 12.9. The minimum Gasteiger partial charge on any atom is -0.497 e. The number of likely N-dealkylation sites (N-methyl/N-ethyl adjacent to an activating group) is 1. The molecule has 39 heavy (non-hydrogen) atoms. The minimum absolute atomic E-state index is 0.0371. The van der Waals surface area contributed by atoms with Crippen LogP contribution in [0.5, 0.6) is 5.75 Å². The van der Waals surface area contributed by atoms with Gasteiger partial charge in [0.05, 0.1) is 30.1 Å². The lowest BCUT2D eigenvalue weighted by molar-refractivity contribution is -0.384. The molecule has 2 aliphatic rings. The van der Waals surface area contributed by atoms with Crippen LogP contribution < -0.4 is 4.74 Å². The molecule has 12 heteroatoms. The Morgan fingerprint density at radius 1 is 1.15 bits per heavy atom. The van der Waals surface area contributed by atoms with Crippen LogP contribution in [0.1, 0.15) is 37.7 Å². The second-order valence-electron chi connectivity index (χ2n) is 10.3. The average molecular weight is 562 g/mol. The number of aliphatic hydroxyl groups is 1. The third kappa shape index (κ3) is 5.93. The van der Waals surface area contributed by atoms with Crippen molar-refractivity contribution in [3.05, 3.63) is 64.2 Å². The molecule has 2 atom stereocenters. The smallest absolute Gasteiger partial charge is 0.323 e. The Morgan fingerprint density at radius 2 is 1.77 bits per heavy atom. The first-order valence-corrected chi connectivity index (χ1v) is 14.3. The van der Waals surface area contributed by atoms with E-state index in [1.807, 2.05) is 24.3 Å². The fourth-order valence-electron chi connectivity index (χ4n) is 5.92. The maximum absolute atomic E-state index is 13.5. The number of hydrogen-bond donors (Lipinski definition) is 1. The number of carbonyl (C=O) groups excluding carboxylic acids is 1. The maximum atomic E-state index is 13.5. The van der Waals surface area contributed by atoms with Gasteiger partial charge in [0.2, 0.25) is 10.0 Å². The van der Waals surface area contributed by atoms with Crippen molar-refractivity contribution < 1.29 is 32.7 Å². The molecular formula is C27H35N3O8S. The Hall–Kier alpha value is -3.06. The average Bonchev–Trinajstić information content (AvgIpc) is 3.31. The van der Waals surface area contributed by atoms with Gasteiger partial charge in [-0.2, -0.15) is 4.31 Å². The van der Waals surface area contributed by atoms with Crippen LogP contribution in [0.4, 0.5) is 5.69 Å². The van der Waals surface area contributed by atoms with Crippen LogP contribution in [0.3, 0.4) is 0 Å². The number of non-ortho nitro benzene ring substituents is 1. The fourth-order valence-corrected chi connectivity index (χ4v) is 7.26. The predicted octanol–water partition coefficient (Wildman–Crippen LogP) is 2.76. The number of nitro benzene ring substituents is 1. The van der Waals surface area contributed by atoms with Crippen LogP contribution in [0.15, 0.2) is 53.4 Å². The van der Waals surface area contributed by atoms with Crippen LogP contribution in [-0.4, -0.2) is 85.2 Å². The number of sulfonamides is 1. The maximum Gasteiger partial charge on any atom is 0.323 e. The molecule has 0 unspecified atom stereocenters. The number of likely N-dealkylation sites (tertiary alicyclic amines) is 1. The Bertz CT molecular complexity index is 1280. The summed E-state index contributed by atoms with van der Waals surface area (Å²) in [7, 11) is 0.468. The molecule has 0 aromatic heterocycles. The number of hydrogen-bond acceptors (Lipinski definition) is 9. The number of nitrogens with zero attached hydrogens (tertiary/aromatic N) is 3. The van der Waals surface area contributed by atoms with Crippen LogP contribution in [0.25, 0.3) is 0 Å². The van der Waals surface area contributed by atoms with E-state index in [1.54, 1.807) is 7.11 Å². The highest BCUT2D eigenvalue weighted by Gasteiger charge is 2.53. The van der Waals surface area contributed by atoms with E-state index in [1.165, 1.54) is 42.7 Å². The molecule has 4 rings (SSSR count). The molecule has 212 valence electrons. The van der Waals surface area contributed by atoms with Gasteiger partial charge in [-0.1, -0.05) is 12.1 Å². The molecule has 1 saturated heterocycles. The van der Waals surface area contributed by atoms with E-state index < -0.39 is 44.6 Å². The number of methoxy groups -OCH3 is 2. The van der Waals surface area contributed by atoms with E-state index in [2.05, 4.69) is 4.90 Å². The molecule has 1 saturated carbocycles. The van der Waals surface area contributed by atoms with Crippen molar-refractivity contribution in [1.82, 2.24) is 9.21 Å². The van der Waals surface area contributed by atoms with E-state index >= 15 is 0 Å². The van der Waals surface area contributed by atoms with E-state index in [9.17, 15) is 28.4 Å². The summed E-state index contributed by atoms with van der Waals surface area (Å²) in [4.78, 5) is 25.7. The Balaban J connectivity index is 1.65. The second kappa shape index (κ2) is 11.6. The zero-order valence-corrected chi connectivity index (χ0v) is 23.2. The summed E-state index contributed by atoms with van der Waals surface area (Å²) in [5.41, 5.74) is 0.226. The third-order valence-electron chi connectivity index (χ3n) is 8.19. The highest BCUT2D eigenvalue weighted by atomic mass is 32.2. The van der Waals surface area contributed by atoms with Gasteiger partial charge in [-0.15, -0.1) is 0 Å². The lowest BCUT2D eigenvalue weighted by Crippen LogP contribution is -2.55. The van der Waals surface area contributed by atoms with E-state index in [-0.39, 0.29) is 10.6 Å². The van der Waals surface area contributed by atoms with Gasteiger partial charge in [0.15, 0.2) is 0 Å². The summed E-state index contributed by atoms with van der Waals surface area (Å²) in [6.07, 6.45) is 2.76. The molecule has 0 bridgehead atoms. The number of aliphatic hydroxyl groups excluding tert-OH is 1. The molecule has 1 aliphatic carbocycles. The second-order valence-corrected chi connectivity index (χ2v) is 12.3. The van der Waals surface area contributed by atoms with Gasteiger partial charge in [0.25, 0.3) is 5.69 Å². The summed E-state index contributed by atoms with van der Waals surface area (Å²) in [5, 5.41) is 21.3. The molecule has 2 aromatic carbocycles. The molecule has 0 radical (unpaired) electrons. The molecule has 0 amide bonds. The van der Waals surface area contributed by atoms with Crippen molar-refractivity contribution in [3.63, 3.8) is 0 Å². The van der Waals surface area contributed by atoms with Crippen molar-refractivity contribution in [2.24, 2.45) is 0 Å². The largest absolute Gasteiger partial charge is 0.497 e. The SMILES string of the molecule is COC(=O)[C@H](Cc1ccc(OC)cc1)N1C[C@@H](N(C)S(=O)(=O)c2ccc([N+](=O)[O-])cc2)CC12CCC(O)CC2. The van der Waals surface area contributed by atoms with Crippen LogP contribution in [0, 0.1) is 10.1 Å². The van der Waals surface area contributed by atoms with Gasteiger partial charge in [0.1, 0.15) is 11.8 Å². The minimum atomic E-state index is -3.97. The van der Waals surface area contributed by atoms with Crippen LogP contribution in [-0.2, 0) is 26.0 Å². The van der Waals surface area contributed by atoms with Gasteiger partial charge in [-0.3, -0.25) is 19.8 Å². The fraction of sp³-hybridized carbons (Fsp3) is 0.519. The normalized spacial score (nSPS) is 24.5. The number of carbonyl (C=O) groups is 1. The van der Waals surface area contributed by atoms with E-state index in [4.69, 9.17) is 9.47 Å². The first kappa shape index (κ1) is 28.9. The van der Waals surface area contributed by atoms with Crippen molar-refractivity contribution in [2.45, 2.75) is 67.1 Å². The van der Waals surface area contributed by atoms with Crippen molar-refractivity contribution in [2.75, 3.05) is 27.8 Å². The first-order chi connectivity index (χ1) is 18.5. The molecular weight excluding hydrogens is 526 g/mol. The van der Waals surface area contributed by atoms with Crippen LogP contribution in [0.2, 0.25) is 0 Å². The van der Waals surface area contributed by atoms with Crippen molar-refractivity contribution >= 4 is 21.7 Å². The molecule has 1 N–H and O–H groups in total. The zero-order chi connectivity index (χ0) is 28.4. The lowest BCUT2D eigenvalue weighted by atomic mass is 9.77. The van der Waals surface area contributed by atoms with E-state index in [0.717, 1.165) is 5.56 Å². The molecule has 1 spiro atoms. The van der Waals surface area contributed by atoms with Gasteiger partial charge >= 0.3 is 5.97 Å². The van der Waals surface area contributed by atoms with Crippen LogP contribution >= 0.6 is 0 Å². The highest BCUT2D eigenvalue weighted by molar-refractivity contribution is 7.89. The molecule has 2 fully saturated rings. The van der Waals surface area contributed by atoms with Gasteiger partial charge in [-0.25, -0.2) is 8.42 Å².